The number of nitrogens with one attached hydrogen (secondary N) is 1. The molecule has 3 aromatic rings. The number of nitrogens with zero attached hydrogens (tertiary/aromatic N) is 3. The van der Waals surface area contributed by atoms with Crippen LogP contribution in [0.4, 0.5) is 5.69 Å². The smallest absolute Gasteiger partial charge is 0.309 e. The molecule has 0 unspecified atom stereocenters. The number of aromatic nitrogens is 3. The average Bonchev–Trinajstić information content (AvgIpc) is 3.04. The van der Waals surface area contributed by atoms with Crippen molar-refractivity contribution in [2.24, 2.45) is 0 Å². The largest absolute Gasteiger partial charge is 0.481 e. The fraction of sp³-hybridized carbons (Fsp3) is 0.235. The minimum Gasteiger partial charge on any atom is -0.481 e. The first-order chi connectivity index (χ1) is 11.2. The van der Waals surface area contributed by atoms with Crippen molar-refractivity contribution in [2.45, 2.75) is 19.4 Å². The van der Waals surface area contributed by atoms with Crippen molar-refractivity contribution in [1.82, 2.24) is 14.5 Å². The number of carboxylic acid groups (broad SMARTS) is 1. The van der Waals surface area contributed by atoms with Crippen LogP contribution in [0.25, 0.3) is 10.9 Å². The molecule has 0 saturated heterocycles. The lowest BCUT2D eigenvalue weighted by Crippen LogP contribution is -2.08. The van der Waals surface area contributed by atoms with E-state index >= 15 is 0 Å². The summed E-state index contributed by atoms with van der Waals surface area (Å²) in [7, 11) is 0. The molecule has 1 aromatic carbocycles. The molecule has 6 nitrogen and oxygen atoms in total. The molecule has 118 valence electrons. The summed E-state index contributed by atoms with van der Waals surface area (Å²) >= 11 is 0. The van der Waals surface area contributed by atoms with Gasteiger partial charge in [0.05, 0.1) is 24.0 Å². The third kappa shape index (κ3) is 3.85. The van der Waals surface area contributed by atoms with Gasteiger partial charge in [-0.1, -0.05) is 18.2 Å². The molecule has 23 heavy (non-hydrogen) atoms. The Bertz CT molecular complexity index is 799. The molecule has 2 N–H and O–H groups in total. The number of fused-ring (bicyclic) bond motifs is 1. The predicted molar refractivity (Wildman–Crippen MR) is 88.4 cm³/mol. The molecule has 0 fully saturated rings. The maximum Gasteiger partial charge on any atom is 0.309 e. The van der Waals surface area contributed by atoms with E-state index in [1.807, 2.05) is 41.1 Å². The van der Waals surface area contributed by atoms with E-state index in [9.17, 15) is 4.79 Å². The number of carboxylic acids is 1. The van der Waals surface area contributed by atoms with Crippen molar-refractivity contribution in [3.05, 3.63) is 54.7 Å². The number of hydrogen-bond donors (Lipinski definition) is 2. The molecule has 0 bridgehead atoms. The Balaban J connectivity index is 1.73. The van der Waals surface area contributed by atoms with Crippen LogP contribution in [0, 0.1) is 0 Å². The number of aryl methyl sites for hydroxylation is 1. The van der Waals surface area contributed by atoms with Crippen LogP contribution in [0.2, 0.25) is 0 Å². The number of carbonyl (C=O) groups is 1. The monoisotopic (exact) mass is 310 g/mol. The van der Waals surface area contributed by atoms with E-state index in [0.29, 0.717) is 5.69 Å². The van der Waals surface area contributed by atoms with Crippen molar-refractivity contribution < 1.29 is 9.90 Å². The fourth-order valence-corrected chi connectivity index (χ4v) is 2.53. The SMILES string of the molecule is O=C(O)Cc1cc(NCCCn2ccnc2)c2ccccc2n1. The number of anilines is 1. The number of hydrogen-bond acceptors (Lipinski definition) is 4. The summed E-state index contributed by atoms with van der Waals surface area (Å²) in [6.45, 7) is 1.68. The number of benzene rings is 1. The van der Waals surface area contributed by atoms with Crippen LogP contribution in [0.15, 0.2) is 49.1 Å². The molecule has 2 aromatic heterocycles. The molecule has 0 aliphatic heterocycles. The minimum atomic E-state index is -0.876. The number of imidazole rings is 1. The highest BCUT2D eigenvalue weighted by Crippen LogP contribution is 2.23. The Hall–Kier alpha value is -2.89. The zero-order valence-corrected chi connectivity index (χ0v) is 12.6. The predicted octanol–water partition coefficient (Wildman–Crippen LogP) is 2.56. The van der Waals surface area contributed by atoms with Gasteiger partial charge in [0.15, 0.2) is 0 Å². The average molecular weight is 310 g/mol. The summed E-state index contributed by atoms with van der Waals surface area (Å²) in [6, 6.07) is 9.58. The lowest BCUT2D eigenvalue weighted by Gasteiger charge is -2.11. The standard InChI is InChI=1S/C17H18N4O2/c22-17(23)11-13-10-16(14-4-1-2-5-15(14)20-13)19-6-3-8-21-9-7-18-12-21/h1-2,4-5,7,9-10,12H,3,6,8,11H2,(H,19,20)(H,22,23). The summed E-state index contributed by atoms with van der Waals surface area (Å²) in [5.74, 6) is -0.876. The van der Waals surface area contributed by atoms with Crippen molar-refractivity contribution >= 4 is 22.6 Å². The summed E-state index contributed by atoms with van der Waals surface area (Å²) < 4.78 is 2.03. The van der Waals surface area contributed by atoms with Crippen LogP contribution in [0.5, 0.6) is 0 Å². The van der Waals surface area contributed by atoms with Gasteiger partial charge in [-0.3, -0.25) is 9.78 Å². The first kappa shape index (κ1) is 15.0. The van der Waals surface area contributed by atoms with Crippen molar-refractivity contribution in [2.75, 3.05) is 11.9 Å². The molecular weight excluding hydrogens is 292 g/mol. The van der Waals surface area contributed by atoms with Gasteiger partial charge in [0.1, 0.15) is 0 Å². The number of para-hydroxylation sites is 1. The lowest BCUT2D eigenvalue weighted by atomic mass is 10.1. The Kier molecular flexibility index (Phi) is 4.52. The van der Waals surface area contributed by atoms with Crippen LogP contribution >= 0.6 is 0 Å². The summed E-state index contributed by atoms with van der Waals surface area (Å²) in [4.78, 5) is 19.4. The molecular formula is C17H18N4O2. The quantitative estimate of drug-likeness (QED) is 0.656. The number of aliphatic carboxylic acids is 1. The van der Waals surface area contributed by atoms with E-state index in [1.165, 1.54) is 0 Å². The highest BCUT2D eigenvalue weighted by molar-refractivity contribution is 5.91. The van der Waals surface area contributed by atoms with Crippen LogP contribution < -0.4 is 5.32 Å². The van der Waals surface area contributed by atoms with Gasteiger partial charge < -0.3 is 15.0 Å². The van der Waals surface area contributed by atoms with E-state index in [-0.39, 0.29) is 6.42 Å². The first-order valence-electron chi connectivity index (χ1n) is 7.52. The van der Waals surface area contributed by atoms with Crippen molar-refractivity contribution in [3.63, 3.8) is 0 Å². The molecule has 2 heterocycles. The van der Waals surface area contributed by atoms with E-state index in [1.54, 1.807) is 12.5 Å². The molecule has 0 atom stereocenters. The molecule has 0 amide bonds. The summed E-state index contributed by atoms with van der Waals surface area (Å²) in [5.41, 5.74) is 2.30. The Morgan fingerprint density at radius 1 is 1.30 bits per heavy atom. The van der Waals surface area contributed by atoms with Crippen LogP contribution in [0.1, 0.15) is 12.1 Å². The minimum absolute atomic E-state index is 0.0749. The highest BCUT2D eigenvalue weighted by Gasteiger charge is 2.08. The summed E-state index contributed by atoms with van der Waals surface area (Å²) in [6.07, 6.45) is 6.37. The van der Waals surface area contributed by atoms with E-state index in [2.05, 4.69) is 15.3 Å². The maximum atomic E-state index is 10.9. The van der Waals surface area contributed by atoms with Crippen molar-refractivity contribution in [1.29, 1.82) is 0 Å². The second kappa shape index (κ2) is 6.91. The van der Waals surface area contributed by atoms with Gasteiger partial charge in [-0.15, -0.1) is 0 Å². The van der Waals surface area contributed by atoms with Gasteiger partial charge in [-0.2, -0.15) is 0 Å². The highest BCUT2D eigenvalue weighted by atomic mass is 16.4. The Labute approximate surface area is 133 Å². The topological polar surface area (TPSA) is 80.0 Å². The van der Waals surface area contributed by atoms with Crippen LogP contribution in [-0.2, 0) is 17.8 Å². The second-order valence-corrected chi connectivity index (χ2v) is 5.33. The molecule has 0 radical (unpaired) electrons. The third-order valence-corrected chi connectivity index (χ3v) is 3.57. The molecule has 0 saturated carbocycles. The normalized spacial score (nSPS) is 10.8. The maximum absolute atomic E-state index is 10.9. The summed E-state index contributed by atoms with van der Waals surface area (Å²) in [5, 5.41) is 13.4. The third-order valence-electron chi connectivity index (χ3n) is 3.57. The number of rotatable bonds is 7. The van der Waals surface area contributed by atoms with Gasteiger partial charge in [0.25, 0.3) is 0 Å². The zero-order chi connectivity index (χ0) is 16.1. The molecule has 0 aliphatic carbocycles. The zero-order valence-electron chi connectivity index (χ0n) is 12.6. The van der Waals surface area contributed by atoms with Crippen LogP contribution in [0.3, 0.4) is 0 Å². The molecule has 0 aliphatic rings. The van der Waals surface area contributed by atoms with Crippen molar-refractivity contribution in [3.8, 4) is 0 Å². The van der Waals surface area contributed by atoms with Gasteiger partial charge in [-0.25, -0.2) is 4.98 Å². The van der Waals surface area contributed by atoms with Gasteiger partial charge in [-0.05, 0) is 18.6 Å². The van der Waals surface area contributed by atoms with E-state index in [0.717, 1.165) is 36.1 Å². The second-order valence-electron chi connectivity index (χ2n) is 5.33. The Morgan fingerprint density at radius 2 is 2.17 bits per heavy atom. The lowest BCUT2D eigenvalue weighted by molar-refractivity contribution is -0.136. The molecule has 0 spiro atoms. The van der Waals surface area contributed by atoms with Gasteiger partial charge >= 0.3 is 5.97 Å². The first-order valence-corrected chi connectivity index (χ1v) is 7.52. The molecule has 3 rings (SSSR count). The number of pyridine rings is 1. The van der Waals surface area contributed by atoms with Crippen LogP contribution in [-0.4, -0.2) is 32.2 Å². The molecule has 6 heteroatoms. The Morgan fingerprint density at radius 3 is 2.96 bits per heavy atom. The van der Waals surface area contributed by atoms with Gasteiger partial charge in [0.2, 0.25) is 0 Å². The van der Waals surface area contributed by atoms with E-state index in [4.69, 9.17) is 5.11 Å². The fourth-order valence-electron chi connectivity index (χ4n) is 2.53. The van der Waals surface area contributed by atoms with Gasteiger partial charge in [0, 0.05) is 36.6 Å². The van der Waals surface area contributed by atoms with E-state index < -0.39 is 5.97 Å².